The summed E-state index contributed by atoms with van der Waals surface area (Å²) in [6.45, 7) is 6.18. The second kappa shape index (κ2) is 6.35. The minimum Gasteiger partial charge on any atom is -0.478 e. The van der Waals surface area contributed by atoms with Gasteiger partial charge in [0.2, 0.25) is 0 Å². The second-order valence-electron chi connectivity index (χ2n) is 6.05. The maximum Gasteiger partial charge on any atom is 0.268 e. The number of benzene rings is 2. The number of carbonyl (C=O) groups is 1. The van der Waals surface area contributed by atoms with Crippen molar-refractivity contribution in [2.24, 2.45) is 0 Å². The first-order chi connectivity index (χ1) is 11.4. The van der Waals surface area contributed by atoms with Crippen molar-refractivity contribution in [2.75, 3.05) is 17.2 Å². The van der Waals surface area contributed by atoms with E-state index in [9.17, 15) is 9.18 Å². The molecule has 0 bridgehead atoms. The monoisotopic (exact) mass is 326 g/mol. The van der Waals surface area contributed by atoms with E-state index in [1.165, 1.54) is 12.1 Å². The largest absolute Gasteiger partial charge is 0.478 e. The van der Waals surface area contributed by atoms with Crippen LogP contribution in [0.25, 0.3) is 0 Å². The average molecular weight is 326 g/mol. The molecule has 4 nitrogen and oxygen atoms in total. The second-order valence-corrected chi connectivity index (χ2v) is 6.05. The summed E-state index contributed by atoms with van der Waals surface area (Å²) in [6, 6.07) is 11.3. The summed E-state index contributed by atoms with van der Waals surface area (Å²) in [5.74, 6) is 0.124. The highest BCUT2D eigenvalue weighted by molar-refractivity contribution is 6.00. The number of rotatable bonds is 4. The average Bonchev–Trinajstić information content (AvgIpc) is 2.53. The first kappa shape index (κ1) is 16.1. The third-order valence-corrected chi connectivity index (χ3v) is 3.85. The van der Waals surface area contributed by atoms with Crippen LogP contribution in [0, 0.1) is 5.82 Å². The number of halogens is 1. The van der Waals surface area contributed by atoms with Crippen molar-refractivity contribution >= 4 is 17.3 Å². The minimum atomic E-state index is -0.677. The van der Waals surface area contributed by atoms with Crippen LogP contribution in [-0.2, 0) is 11.2 Å². The number of fused-ring (bicyclic) bond motifs is 1. The Kier molecular flexibility index (Phi) is 4.25. The Bertz CT molecular complexity index is 786. The zero-order valence-corrected chi connectivity index (χ0v) is 13.5. The third kappa shape index (κ3) is 3.25. The normalized spacial score (nSPS) is 16.5. The zero-order valence-electron chi connectivity index (χ0n) is 13.5. The molecule has 1 aliphatic rings. The minimum absolute atomic E-state index is 0.139. The molecule has 1 atom stereocenters. The number of nitrogens with zero attached hydrogens (tertiary/aromatic N) is 1. The molecule has 124 valence electrons. The molecular weight excluding hydrogens is 307 g/mol. The summed E-state index contributed by atoms with van der Waals surface area (Å²) in [4.78, 5) is 14.5. The van der Waals surface area contributed by atoms with Gasteiger partial charge in [-0.05, 0) is 36.8 Å². The Morgan fingerprint density at radius 3 is 2.67 bits per heavy atom. The highest BCUT2D eigenvalue weighted by Gasteiger charge is 2.34. The molecule has 0 radical (unpaired) electrons. The highest BCUT2D eigenvalue weighted by atomic mass is 19.1. The van der Waals surface area contributed by atoms with E-state index in [0.29, 0.717) is 30.1 Å². The Morgan fingerprint density at radius 1 is 1.29 bits per heavy atom. The quantitative estimate of drug-likeness (QED) is 0.693. The van der Waals surface area contributed by atoms with Crippen molar-refractivity contribution in [3.63, 3.8) is 0 Å². The van der Waals surface area contributed by atoms with E-state index in [1.54, 1.807) is 35.2 Å². The van der Waals surface area contributed by atoms with Crippen LogP contribution >= 0.6 is 0 Å². The molecule has 3 rings (SSSR count). The molecule has 0 spiro atoms. The summed E-state index contributed by atoms with van der Waals surface area (Å²) >= 11 is 0. The molecule has 0 saturated carbocycles. The van der Waals surface area contributed by atoms with E-state index >= 15 is 0 Å². The zero-order chi connectivity index (χ0) is 17.3. The molecule has 2 aromatic carbocycles. The van der Waals surface area contributed by atoms with Crippen molar-refractivity contribution in [1.82, 2.24) is 0 Å². The van der Waals surface area contributed by atoms with Crippen molar-refractivity contribution in [3.05, 3.63) is 66.0 Å². The SMILES string of the molecule is C=C(C)CN1C(=O)C(Cc2ccc(F)cc2)Oc2cc(N)ccc21. The number of amides is 1. The van der Waals surface area contributed by atoms with E-state index in [1.807, 2.05) is 6.92 Å². The number of nitrogen functional groups attached to an aromatic ring is 1. The van der Waals surface area contributed by atoms with Crippen LogP contribution < -0.4 is 15.4 Å². The fourth-order valence-electron chi connectivity index (χ4n) is 2.74. The lowest BCUT2D eigenvalue weighted by atomic mass is 10.0. The van der Waals surface area contributed by atoms with E-state index in [4.69, 9.17) is 10.5 Å². The van der Waals surface area contributed by atoms with Crippen molar-refractivity contribution in [1.29, 1.82) is 0 Å². The number of carbonyl (C=O) groups excluding carboxylic acids is 1. The number of ether oxygens (including phenoxy) is 1. The first-order valence-electron chi connectivity index (χ1n) is 7.70. The molecule has 2 N–H and O–H groups in total. The molecule has 5 heteroatoms. The van der Waals surface area contributed by atoms with Crippen molar-refractivity contribution < 1.29 is 13.9 Å². The maximum atomic E-state index is 13.1. The van der Waals surface area contributed by atoms with Gasteiger partial charge < -0.3 is 15.4 Å². The van der Waals surface area contributed by atoms with Gasteiger partial charge in [-0.25, -0.2) is 4.39 Å². The van der Waals surface area contributed by atoms with Crippen LogP contribution in [0.15, 0.2) is 54.6 Å². The van der Waals surface area contributed by atoms with E-state index in [0.717, 1.165) is 11.1 Å². The van der Waals surface area contributed by atoms with Crippen LogP contribution in [0.5, 0.6) is 5.75 Å². The molecule has 1 aliphatic heterocycles. The van der Waals surface area contributed by atoms with Crippen LogP contribution in [0.2, 0.25) is 0 Å². The van der Waals surface area contributed by atoms with Gasteiger partial charge in [0.05, 0.1) is 5.69 Å². The first-order valence-corrected chi connectivity index (χ1v) is 7.70. The molecule has 0 aromatic heterocycles. The van der Waals surface area contributed by atoms with Crippen LogP contribution in [0.4, 0.5) is 15.8 Å². The summed E-state index contributed by atoms with van der Waals surface area (Å²) in [5, 5.41) is 0. The Hall–Kier alpha value is -2.82. The molecule has 2 aromatic rings. The van der Waals surface area contributed by atoms with E-state index < -0.39 is 6.10 Å². The van der Waals surface area contributed by atoms with Gasteiger partial charge >= 0.3 is 0 Å². The summed E-state index contributed by atoms with van der Waals surface area (Å²) in [6.07, 6.45) is -0.316. The van der Waals surface area contributed by atoms with Gasteiger partial charge in [-0.1, -0.05) is 24.3 Å². The van der Waals surface area contributed by atoms with Gasteiger partial charge in [0.15, 0.2) is 6.10 Å². The summed E-state index contributed by atoms with van der Waals surface area (Å²) in [5.41, 5.74) is 8.79. The Labute approximate surface area is 140 Å². The molecule has 0 aliphatic carbocycles. The van der Waals surface area contributed by atoms with Crippen LogP contribution in [0.1, 0.15) is 12.5 Å². The predicted octanol–water partition coefficient (Wildman–Crippen LogP) is 3.32. The Balaban J connectivity index is 1.92. The van der Waals surface area contributed by atoms with Crippen LogP contribution in [0.3, 0.4) is 0 Å². The van der Waals surface area contributed by atoms with Gasteiger partial charge in [0.25, 0.3) is 5.91 Å². The lowest BCUT2D eigenvalue weighted by Crippen LogP contribution is -2.47. The lowest BCUT2D eigenvalue weighted by Gasteiger charge is -2.34. The fourth-order valence-corrected chi connectivity index (χ4v) is 2.74. The molecular formula is C19H19FN2O2. The maximum absolute atomic E-state index is 13.1. The predicted molar refractivity (Wildman–Crippen MR) is 92.5 cm³/mol. The standard InChI is InChI=1S/C19H19FN2O2/c1-12(2)11-22-16-8-7-15(21)10-17(16)24-18(19(22)23)9-13-3-5-14(20)6-4-13/h3-8,10,18H,1,9,11,21H2,2H3. The number of hydrogen-bond acceptors (Lipinski definition) is 3. The fraction of sp³-hybridized carbons (Fsp3) is 0.211. The highest BCUT2D eigenvalue weighted by Crippen LogP contribution is 2.36. The molecule has 24 heavy (non-hydrogen) atoms. The number of anilines is 2. The van der Waals surface area contributed by atoms with Crippen molar-refractivity contribution in [3.8, 4) is 5.75 Å². The van der Waals surface area contributed by atoms with Gasteiger partial charge in [-0.2, -0.15) is 0 Å². The summed E-state index contributed by atoms with van der Waals surface area (Å²) in [7, 11) is 0. The smallest absolute Gasteiger partial charge is 0.268 e. The molecule has 0 fully saturated rings. The van der Waals surface area contributed by atoms with Gasteiger partial charge in [-0.15, -0.1) is 0 Å². The number of nitrogens with two attached hydrogens (primary N) is 1. The molecule has 0 saturated heterocycles. The molecule has 1 heterocycles. The van der Waals surface area contributed by atoms with Gasteiger partial charge in [0, 0.05) is 24.7 Å². The molecule has 1 unspecified atom stereocenters. The molecule has 1 amide bonds. The summed E-state index contributed by atoms with van der Waals surface area (Å²) < 4.78 is 18.9. The number of hydrogen-bond donors (Lipinski definition) is 1. The topological polar surface area (TPSA) is 55.6 Å². The van der Waals surface area contributed by atoms with Crippen LogP contribution in [-0.4, -0.2) is 18.6 Å². The van der Waals surface area contributed by atoms with Gasteiger partial charge in [0.1, 0.15) is 11.6 Å². The lowest BCUT2D eigenvalue weighted by molar-refractivity contribution is -0.126. The van der Waals surface area contributed by atoms with E-state index in [-0.39, 0.29) is 11.7 Å². The van der Waals surface area contributed by atoms with Gasteiger partial charge in [-0.3, -0.25) is 4.79 Å². The van der Waals surface area contributed by atoms with Crippen molar-refractivity contribution in [2.45, 2.75) is 19.4 Å². The van der Waals surface area contributed by atoms with E-state index in [2.05, 4.69) is 6.58 Å². The Morgan fingerprint density at radius 2 is 2.00 bits per heavy atom. The third-order valence-electron chi connectivity index (χ3n) is 3.85.